The van der Waals surface area contributed by atoms with E-state index in [2.05, 4.69) is 12.1 Å². The third-order valence-corrected chi connectivity index (χ3v) is 5.39. The van der Waals surface area contributed by atoms with Gasteiger partial charge in [0.25, 0.3) is 0 Å². The maximum atomic E-state index is 11.5. The van der Waals surface area contributed by atoms with Crippen LogP contribution in [0, 0.1) is 0 Å². The molecule has 0 fully saturated rings. The predicted octanol–water partition coefficient (Wildman–Crippen LogP) is 2.29. The molecule has 3 aromatic rings. The zero-order valence-electron chi connectivity index (χ0n) is 13.2. The highest BCUT2D eigenvalue weighted by Gasteiger charge is 2.18. The number of para-hydroxylation sites is 2. The summed E-state index contributed by atoms with van der Waals surface area (Å²) in [5.41, 5.74) is 2.07. The minimum atomic E-state index is -3.30. The van der Waals surface area contributed by atoms with Gasteiger partial charge in [0, 0.05) is 36.8 Å². The van der Waals surface area contributed by atoms with Crippen molar-refractivity contribution < 1.29 is 15.0 Å². The fourth-order valence-corrected chi connectivity index (χ4v) is 3.34. The van der Waals surface area contributed by atoms with Crippen LogP contribution < -0.4 is 0 Å². The second kappa shape index (κ2) is 5.96. The van der Waals surface area contributed by atoms with Gasteiger partial charge in [-0.1, -0.05) is 36.4 Å². The van der Waals surface area contributed by atoms with Crippen molar-refractivity contribution in [3.05, 3.63) is 48.5 Å². The van der Waals surface area contributed by atoms with Crippen LogP contribution >= 0.6 is 0 Å². The molecule has 0 radical (unpaired) electrons. The predicted molar refractivity (Wildman–Crippen MR) is 95.0 cm³/mol. The van der Waals surface area contributed by atoms with E-state index >= 15 is 0 Å². The van der Waals surface area contributed by atoms with Crippen molar-refractivity contribution in [2.24, 2.45) is 0 Å². The number of rotatable bonds is 5. The van der Waals surface area contributed by atoms with E-state index in [9.17, 15) is 13.5 Å². The maximum absolute atomic E-state index is 11.5. The van der Waals surface area contributed by atoms with Gasteiger partial charge in [0.15, 0.2) is 0 Å². The first-order valence-corrected chi connectivity index (χ1v) is 9.28. The summed E-state index contributed by atoms with van der Waals surface area (Å²) in [6, 6.07) is 16.1. The lowest BCUT2D eigenvalue weighted by atomic mass is 10.2. The van der Waals surface area contributed by atoms with Crippen molar-refractivity contribution in [3.8, 4) is 0 Å². The summed E-state index contributed by atoms with van der Waals surface area (Å²) < 4.78 is 26.2. The van der Waals surface area contributed by atoms with E-state index in [1.165, 1.54) is 11.4 Å². The van der Waals surface area contributed by atoms with Crippen molar-refractivity contribution >= 4 is 31.8 Å². The van der Waals surface area contributed by atoms with Gasteiger partial charge in [0.05, 0.1) is 18.9 Å². The Morgan fingerprint density at radius 1 is 1.09 bits per heavy atom. The van der Waals surface area contributed by atoms with E-state index in [0.29, 0.717) is 6.54 Å². The van der Waals surface area contributed by atoms with Gasteiger partial charge in [0.1, 0.15) is 0 Å². The van der Waals surface area contributed by atoms with E-state index in [0.717, 1.165) is 28.1 Å². The number of aromatic nitrogens is 1. The molecule has 1 heterocycles. The molecule has 1 N–H and O–H groups in total. The third-order valence-electron chi connectivity index (χ3n) is 4.11. The highest BCUT2D eigenvalue weighted by atomic mass is 32.2. The lowest BCUT2D eigenvalue weighted by Gasteiger charge is -2.19. The molecule has 0 bridgehead atoms. The fraction of sp³-hybridized carbons (Fsp3) is 0.294. The summed E-state index contributed by atoms with van der Waals surface area (Å²) in [6.07, 6.45) is 0.356. The largest absolute Gasteiger partial charge is 0.390 e. The Kier molecular flexibility index (Phi) is 4.14. The number of aliphatic hydroxyl groups excluding tert-OH is 1. The van der Waals surface area contributed by atoms with Gasteiger partial charge in [-0.2, -0.15) is 0 Å². The normalized spacial score (nSPS) is 13.9. The first kappa shape index (κ1) is 16.0. The van der Waals surface area contributed by atoms with E-state index < -0.39 is 16.1 Å². The monoisotopic (exact) mass is 334 g/mol. The van der Waals surface area contributed by atoms with Crippen LogP contribution in [-0.4, -0.2) is 48.3 Å². The standard InChI is InChI=1S/C17H20N2O3S.H2/c1-18(23(2,21)22)11-13(20)12-19-16-9-5-3-7-14(16)15-8-4-6-10-17(15)19;/h3-10,13,20H,11-12H2,1-2H3;1H. The average Bonchev–Trinajstić information content (AvgIpc) is 2.81. The summed E-state index contributed by atoms with van der Waals surface area (Å²) >= 11 is 0. The molecule has 2 aromatic carbocycles. The zero-order chi connectivity index (χ0) is 16.6. The molecule has 0 aliphatic heterocycles. The SMILES string of the molecule is CN(CC(O)Cn1c2ccccc2c2ccccc21)S(C)(=O)=O.[HH]. The number of benzene rings is 2. The van der Waals surface area contributed by atoms with Gasteiger partial charge >= 0.3 is 0 Å². The third kappa shape index (κ3) is 3.10. The minimum Gasteiger partial charge on any atom is -0.390 e. The molecule has 0 saturated heterocycles. The summed E-state index contributed by atoms with van der Waals surface area (Å²) in [4.78, 5) is 0. The van der Waals surface area contributed by atoms with Crippen LogP contribution in [0.5, 0.6) is 0 Å². The first-order valence-electron chi connectivity index (χ1n) is 7.43. The van der Waals surface area contributed by atoms with Crippen molar-refractivity contribution in [1.29, 1.82) is 0 Å². The molecular weight excluding hydrogens is 312 g/mol. The highest BCUT2D eigenvalue weighted by Crippen LogP contribution is 2.28. The number of fused-ring (bicyclic) bond motifs is 3. The average molecular weight is 334 g/mol. The number of hydrogen-bond donors (Lipinski definition) is 1. The molecule has 3 rings (SSSR count). The van der Waals surface area contributed by atoms with Crippen LogP contribution in [0.25, 0.3) is 21.8 Å². The van der Waals surface area contributed by atoms with E-state index in [-0.39, 0.29) is 7.97 Å². The van der Waals surface area contributed by atoms with Crippen LogP contribution in [0.4, 0.5) is 0 Å². The van der Waals surface area contributed by atoms with Gasteiger partial charge in [-0.25, -0.2) is 12.7 Å². The summed E-state index contributed by atoms with van der Waals surface area (Å²) in [5.74, 6) is 0. The molecule has 5 nitrogen and oxygen atoms in total. The molecule has 124 valence electrons. The number of sulfonamides is 1. The molecular formula is C17H22N2O3S. The van der Waals surface area contributed by atoms with Crippen LogP contribution in [0.2, 0.25) is 0 Å². The van der Waals surface area contributed by atoms with Crippen molar-refractivity contribution in [2.75, 3.05) is 19.8 Å². The van der Waals surface area contributed by atoms with Crippen molar-refractivity contribution in [1.82, 2.24) is 8.87 Å². The quantitative estimate of drug-likeness (QED) is 0.779. The molecule has 6 heteroatoms. The minimum absolute atomic E-state index is 0. The maximum Gasteiger partial charge on any atom is 0.211 e. The summed E-state index contributed by atoms with van der Waals surface area (Å²) in [6.45, 7) is 0.410. The fourth-order valence-electron chi connectivity index (χ4n) is 2.90. The number of aliphatic hydroxyl groups is 1. The molecule has 0 spiro atoms. The van der Waals surface area contributed by atoms with Crippen LogP contribution in [0.15, 0.2) is 48.5 Å². The molecule has 1 aromatic heterocycles. The van der Waals surface area contributed by atoms with Gasteiger partial charge in [-0.15, -0.1) is 0 Å². The second-order valence-electron chi connectivity index (χ2n) is 5.84. The smallest absolute Gasteiger partial charge is 0.211 e. The number of nitrogens with zero attached hydrogens (tertiary/aromatic N) is 2. The van der Waals surface area contributed by atoms with Crippen LogP contribution in [0.1, 0.15) is 1.43 Å². The van der Waals surface area contributed by atoms with E-state index in [1.807, 2.05) is 41.0 Å². The lowest BCUT2D eigenvalue weighted by Crippen LogP contribution is -2.35. The molecule has 0 amide bonds. The lowest BCUT2D eigenvalue weighted by molar-refractivity contribution is 0.137. The topological polar surface area (TPSA) is 62.5 Å². The van der Waals surface area contributed by atoms with Gasteiger partial charge < -0.3 is 9.67 Å². The van der Waals surface area contributed by atoms with Gasteiger partial charge in [0.2, 0.25) is 10.0 Å². The van der Waals surface area contributed by atoms with Crippen LogP contribution in [0.3, 0.4) is 0 Å². The number of hydrogen-bond acceptors (Lipinski definition) is 3. The Labute approximate surface area is 137 Å². The van der Waals surface area contributed by atoms with Crippen molar-refractivity contribution in [3.63, 3.8) is 0 Å². The Hall–Kier alpha value is -1.89. The molecule has 1 unspecified atom stereocenters. The molecule has 0 aliphatic carbocycles. The molecule has 0 aliphatic rings. The summed E-state index contributed by atoms with van der Waals surface area (Å²) in [5, 5.41) is 12.6. The molecule has 1 atom stereocenters. The Balaban J connectivity index is 0.00000208. The van der Waals surface area contributed by atoms with Crippen molar-refractivity contribution in [2.45, 2.75) is 12.6 Å². The Morgan fingerprint density at radius 3 is 2.04 bits per heavy atom. The van der Waals surface area contributed by atoms with Crippen LogP contribution in [-0.2, 0) is 16.6 Å². The number of likely N-dealkylation sites (N-methyl/N-ethyl adjacent to an activating group) is 1. The van der Waals surface area contributed by atoms with Gasteiger partial charge in [-0.05, 0) is 12.1 Å². The second-order valence-corrected chi connectivity index (χ2v) is 7.93. The Bertz CT molecular complexity index is 900. The zero-order valence-corrected chi connectivity index (χ0v) is 14.0. The Morgan fingerprint density at radius 2 is 1.57 bits per heavy atom. The van der Waals surface area contributed by atoms with E-state index in [4.69, 9.17) is 0 Å². The van der Waals surface area contributed by atoms with Gasteiger partial charge in [-0.3, -0.25) is 0 Å². The first-order chi connectivity index (χ1) is 10.9. The molecule has 23 heavy (non-hydrogen) atoms. The summed E-state index contributed by atoms with van der Waals surface area (Å²) in [7, 11) is -1.82. The highest BCUT2D eigenvalue weighted by molar-refractivity contribution is 7.88. The van der Waals surface area contributed by atoms with E-state index in [1.54, 1.807) is 0 Å². The molecule has 0 saturated carbocycles.